The Hall–Kier alpha value is -1.20. The largest absolute Gasteiger partial charge is 0.490 e. The van der Waals surface area contributed by atoms with Gasteiger partial charge in [0.05, 0.1) is 23.8 Å². The first-order valence-corrected chi connectivity index (χ1v) is 12.5. The van der Waals surface area contributed by atoms with Crippen molar-refractivity contribution in [2.45, 2.75) is 87.9 Å². The number of fused-ring (bicyclic) bond motifs is 1. The molecule has 0 amide bonds. The van der Waals surface area contributed by atoms with E-state index in [0.717, 1.165) is 31.7 Å². The molecule has 0 aliphatic carbocycles. The molecule has 2 atom stereocenters. The Morgan fingerprint density at radius 3 is 2.36 bits per heavy atom. The quantitative estimate of drug-likeness (QED) is 0.140. The van der Waals surface area contributed by atoms with E-state index in [0.29, 0.717) is 6.42 Å². The molecule has 2 saturated heterocycles. The summed E-state index contributed by atoms with van der Waals surface area (Å²) in [5.41, 5.74) is 0.860. The Bertz CT molecular complexity index is 900. The average molecular weight is 497 g/mol. The molecule has 0 bridgehead atoms. The highest BCUT2D eigenvalue weighted by atomic mass is 31.2. The van der Waals surface area contributed by atoms with Gasteiger partial charge < -0.3 is 25.8 Å². The summed E-state index contributed by atoms with van der Waals surface area (Å²) < 4.78 is 67.7. The fourth-order valence-electron chi connectivity index (χ4n) is 3.85. The lowest BCUT2D eigenvalue weighted by atomic mass is 9.84. The lowest BCUT2D eigenvalue weighted by molar-refractivity contribution is -0.290. The Morgan fingerprint density at radius 2 is 1.85 bits per heavy atom. The van der Waals surface area contributed by atoms with Gasteiger partial charge >= 0.3 is 19.3 Å². The molecule has 3 rings (SSSR count). The number of hydrogen-bond acceptors (Lipinski definition) is 8. The first-order chi connectivity index (χ1) is 15.3. The van der Waals surface area contributed by atoms with Crippen LogP contribution < -0.4 is 10.5 Å². The van der Waals surface area contributed by atoms with E-state index in [-0.39, 0.29) is 24.2 Å². The minimum absolute atomic E-state index is 0.143. The number of benzene rings is 1. The number of rotatable bonds is 13. The van der Waals surface area contributed by atoms with Gasteiger partial charge in [0.15, 0.2) is 0 Å². The van der Waals surface area contributed by atoms with Crippen molar-refractivity contribution in [3.63, 3.8) is 0 Å². The zero-order valence-corrected chi connectivity index (χ0v) is 19.5. The van der Waals surface area contributed by atoms with E-state index in [4.69, 9.17) is 10.5 Å². The number of hydrogen-bond donors (Lipinski definition) is 4. The molecule has 2 aliphatic rings. The molecule has 12 heteroatoms. The van der Waals surface area contributed by atoms with Crippen molar-refractivity contribution in [1.29, 1.82) is 0 Å². The van der Waals surface area contributed by atoms with Crippen LogP contribution in [0.1, 0.15) is 63.5 Å². The summed E-state index contributed by atoms with van der Waals surface area (Å²) >= 11 is 0. The van der Waals surface area contributed by atoms with E-state index in [1.165, 1.54) is 12.1 Å². The van der Waals surface area contributed by atoms with E-state index in [2.05, 4.69) is 16.0 Å². The Balaban J connectivity index is 1.70. The van der Waals surface area contributed by atoms with Crippen LogP contribution in [0.25, 0.3) is 0 Å². The fraction of sp³-hybridized carbons (Fsp3) is 0.714. The number of unbranched alkanes of at least 4 members (excludes halogenated alkanes) is 3. The highest BCUT2D eigenvalue weighted by Gasteiger charge is 3.01. The molecule has 0 aromatic heterocycles. The van der Waals surface area contributed by atoms with E-state index < -0.39 is 48.9 Å². The summed E-state index contributed by atoms with van der Waals surface area (Å²) in [6.07, 6.45) is -0.948. The predicted molar refractivity (Wildman–Crippen MR) is 112 cm³/mol. The van der Waals surface area contributed by atoms with Crippen LogP contribution in [-0.4, -0.2) is 44.9 Å². The Labute approximate surface area is 190 Å². The van der Waals surface area contributed by atoms with Crippen LogP contribution in [0.3, 0.4) is 0 Å². The summed E-state index contributed by atoms with van der Waals surface area (Å²) in [6.45, 7) is 2.84. The van der Waals surface area contributed by atoms with Crippen molar-refractivity contribution < 1.29 is 46.8 Å². The molecule has 0 saturated carbocycles. The van der Waals surface area contributed by atoms with Gasteiger partial charge in [0.2, 0.25) is 0 Å². The number of alkyl halides is 3. The number of nitrogens with two attached hydrogens (primary N) is 1. The van der Waals surface area contributed by atoms with Crippen LogP contribution in [0.15, 0.2) is 18.2 Å². The van der Waals surface area contributed by atoms with Crippen LogP contribution >= 0.6 is 7.60 Å². The van der Waals surface area contributed by atoms with E-state index in [1.54, 1.807) is 6.92 Å². The lowest BCUT2D eigenvalue weighted by Gasteiger charge is -2.38. The molecule has 33 heavy (non-hydrogen) atoms. The number of ether oxygens (including phenoxy) is 1. The molecule has 2 aliphatic heterocycles. The molecule has 0 radical (unpaired) electrons. The van der Waals surface area contributed by atoms with Gasteiger partial charge in [0.1, 0.15) is 5.75 Å². The van der Waals surface area contributed by atoms with Gasteiger partial charge in [-0.15, -0.1) is 0 Å². The number of aliphatic hydroxyl groups is 3. The van der Waals surface area contributed by atoms with Gasteiger partial charge in [-0.2, -0.15) is 13.2 Å². The highest BCUT2D eigenvalue weighted by Crippen LogP contribution is 3.00. The first-order valence-electron chi connectivity index (χ1n) is 11.0. The van der Waals surface area contributed by atoms with Gasteiger partial charge in [-0.3, -0.25) is 13.6 Å². The maximum absolute atomic E-state index is 13.7. The van der Waals surface area contributed by atoms with Crippen LogP contribution in [-0.2, 0) is 26.2 Å². The average Bonchev–Trinajstić information content (AvgIpc) is 3.55. The molecular formula is C21H31F3NO7P. The molecule has 1 unspecified atom stereocenters. The summed E-state index contributed by atoms with van der Waals surface area (Å²) in [5, 5.41) is 30.5. The monoisotopic (exact) mass is 497 g/mol. The molecule has 188 valence electrons. The minimum Gasteiger partial charge on any atom is -0.490 e. The molecule has 0 spiro atoms. The second kappa shape index (κ2) is 9.11. The summed E-state index contributed by atoms with van der Waals surface area (Å²) in [6, 6.07) is 3.56. The molecule has 8 nitrogen and oxygen atoms in total. The molecule has 1 aromatic carbocycles. The lowest BCUT2D eigenvalue weighted by Crippen LogP contribution is -2.68. The zero-order chi connectivity index (χ0) is 24.7. The maximum atomic E-state index is 13.7. The number of aryl methyl sites for hydroxylation is 1. The van der Waals surface area contributed by atoms with Crippen LogP contribution in [0.5, 0.6) is 5.75 Å². The predicted octanol–water partition coefficient (Wildman–Crippen LogP) is 3.65. The van der Waals surface area contributed by atoms with Crippen LogP contribution in [0, 0.1) is 0 Å². The minimum atomic E-state index is -4.67. The zero-order valence-electron chi connectivity index (χ0n) is 18.6. The molecule has 2 heterocycles. The Kier molecular flexibility index (Phi) is 7.29. The van der Waals surface area contributed by atoms with Crippen molar-refractivity contribution in [3.8, 4) is 5.75 Å². The standard InChI is InChI=1S/C21H31F3NO7P/c1-3-4-5-6-7-14(2)30-17-9-8-15(12-16(17)19(22,23)24)10-11-18(25,13-26)20(27,28)21-31-33(21,29)32-21/h8-9,12,14,26-28H,3-7,10-11,13,25H2,1-2H3/t14-,18?,21?,33?/m0/s1. The normalized spacial score (nSPS) is 26.9. The molecular weight excluding hydrogens is 466 g/mol. The van der Waals surface area contributed by atoms with Crippen LogP contribution in [0.2, 0.25) is 0 Å². The Morgan fingerprint density at radius 1 is 1.21 bits per heavy atom. The topological polar surface area (TPSA) is 138 Å². The maximum Gasteiger partial charge on any atom is 0.419 e. The van der Waals surface area contributed by atoms with Gasteiger partial charge in [-0.25, -0.2) is 0 Å². The highest BCUT2D eigenvalue weighted by molar-refractivity contribution is 7.68. The SMILES string of the molecule is CCCCCC[C@H](C)Oc1ccc(CCC(N)(CO)C(O)(O)C23OP2(=O)O3)cc1C(F)(F)F. The third kappa shape index (κ3) is 4.96. The van der Waals surface area contributed by atoms with Crippen molar-refractivity contribution in [3.05, 3.63) is 29.3 Å². The third-order valence-corrected chi connectivity index (χ3v) is 8.08. The first kappa shape index (κ1) is 26.4. The number of halogens is 3. The second-order valence-corrected chi connectivity index (χ2v) is 10.8. The summed E-state index contributed by atoms with van der Waals surface area (Å²) in [4.78, 5) is 0. The van der Waals surface area contributed by atoms with Crippen molar-refractivity contribution in [2.24, 2.45) is 5.73 Å². The van der Waals surface area contributed by atoms with Gasteiger partial charge in [0.25, 0.3) is 5.79 Å². The van der Waals surface area contributed by atoms with E-state index in [1.807, 2.05) is 0 Å². The number of aliphatic hydroxyl groups excluding tert-OH is 1. The third-order valence-electron chi connectivity index (χ3n) is 6.20. The molecule has 5 N–H and O–H groups in total. The van der Waals surface area contributed by atoms with Gasteiger partial charge in [-0.05, 0) is 50.3 Å². The van der Waals surface area contributed by atoms with Crippen LogP contribution in [0.4, 0.5) is 13.2 Å². The molecule has 2 fully saturated rings. The second-order valence-electron chi connectivity index (χ2n) is 8.85. The van der Waals surface area contributed by atoms with E-state index >= 15 is 0 Å². The van der Waals surface area contributed by atoms with Crippen molar-refractivity contribution in [1.82, 2.24) is 0 Å². The fourth-order valence-corrected chi connectivity index (χ4v) is 5.69. The van der Waals surface area contributed by atoms with Gasteiger partial charge in [-0.1, -0.05) is 32.3 Å². The van der Waals surface area contributed by atoms with Gasteiger partial charge in [0, 0.05) is 0 Å². The van der Waals surface area contributed by atoms with E-state index in [9.17, 15) is 33.1 Å². The summed E-state index contributed by atoms with van der Waals surface area (Å²) in [5.74, 6) is -3.28. The van der Waals surface area contributed by atoms with Crippen molar-refractivity contribution >= 4 is 7.60 Å². The molecule has 1 aromatic rings. The van der Waals surface area contributed by atoms with Crippen molar-refractivity contribution in [2.75, 3.05) is 6.61 Å². The smallest absolute Gasteiger partial charge is 0.419 e. The summed E-state index contributed by atoms with van der Waals surface area (Å²) in [7, 11) is -3.60.